The largest absolute Gasteiger partial charge is 0.497 e. The van der Waals surface area contributed by atoms with E-state index in [0.29, 0.717) is 25.4 Å². The molecule has 1 saturated heterocycles. The minimum atomic E-state index is -0.299. The lowest BCUT2D eigenvalue weighted by Gasteiger charge is -2.37. The van der Waals surface area contributed by atoms with E-state index in [-0.39, 0.29) is 11.9 Å². The van der Waals surface area contributed by atoms with Crippen LogP contribution >= 0.6 is 0 Å². The van der Waals surface area contributed by atoms with Crippen molar-refractivity contribution in [2.75, 3.05) is 33.3 Å². The molecular formula is C18H25N3O2. The van der Waals surface area contributed by atoms with Gasteiger partial charge >= 0.3 is 0 Å². The fourth-order valence-electron chi connectivity index (χ4n) is 2.89. The van der Waals surface area contributed by atoms with Crippen molar-refractivity contribution in [1.82, 2.24) is 9.80 Å². The highest BCUT2D eigenvalue weighted by Crippen LogP contribution is 2.25. The van der Waals surface area contributed by atoms with E-state index in [1.54, 1.807) is 7.11 Å². The molecule has 5 nitrogen and oxygen atoms in total. The zero-order chi connectivity index (χ0) is 16.8. The first-order valence-corrected chi connectivity index (χ1v) is 8.10. The Kier molecular flexibility index (Phi) is 6.00. The summed E-state index contributed by atoms with van der Waals surface area (Å²) >= 11 is 0. The molecule has 23 heavy (non-hydrogen) atoms. The number of nitriles is 1. The summed E-state index contributed by atoms with van der Waals surface area (Å²) < 4.78 is 5.24. The summed E-state index contributed by atoms with van der Waals surface area (Å²) in [6.07, 6.45) is 0.595. The number of piperazine rings is 1. The molecule has 1 atom stereocenters. The van der Waals surface area contributed by atoms with Crippen LogP contribution in [0.15, 0.2) is 24.3 Å². The van der Waals surface area contributed by atoms with Crippen LogP contribution in [0, 0.1) is 17.2 Å². The number of benzene rings is 1. The van der Waals surface area contributed by atoms with Crippen LogP contribution in [0.5, 0.6) is 5.75 Å². The molecule has 2 rings (SSSR count). The molecule has 1 aliphatic rings. The van der Waals surface area contributed by atoms with E-state index >= 15 is 0 Å². The molecule has 0 aliphatic carbocycles. The number of nitrogens with zero attached hydrogens (tertiary/aromatic N) is 3. The van der Waals surface area contributed by atoms with Gasteiger partial charge in [0.25, 0.3) is 0 Å². The number of hydrogen-bond acceptors (Lipinski definition) is 4. The molecule has 0 aromatic heterocycles. The Morgan fingerprint density at radius 3 is 2.57 bits per heavy atom. The van der Waals surface area contributed by atoms with Gasteiger partial charge in [0, 0.05) is 32.6 Å². The molecule has 0 saturated carbocycles. The van der Waals surface area contributed by atoms with E-state index in [4.69, 9.17) is 4.74 Å². The zero-order valence-electron chi connectivity index (χ0n) is 14.2. The normalized spacial score (nSPS) is 16.9. The highest BCUT2D eigenvalue weighted by Gasteiger charge is 2.27. The van der Waals surface area contributed by atoms with Crippen LogP contribution in [0.25, 0.3) is 0 Å². The Labute approximate surface area is 138 Å². The molecule has 0 bridgehead atoms. The minimum Gasteiger partial charge on any atom is -0.497 e. The summed E-state index contributed by atoms with van der Waals surface area (Å²) in [7, 11) is 1.62. The van der Waals surface area contributed by atoms with Gasteiger partial charge in [-0.05, 0) is 23.6 Å². The van der Waals surface area contributed by atoms with Crippen LogP contribution in [0.2, 0.25) is 0 Å². The maximum absolute atomic E-state index is 12.1. The standard InChI is InChI=1S/C18H25N3O2/c1-14(2)11-18(22)21-9-7-20(8-10-21)17(13-19)15-5-4-6-16(12-15)23-3/h4-6,12,14,17H,7-11H2,1-3H3. The number of hydrogen-bond donors (Lipinski definition) is 0. The molecule has 0 radical (unpaired) electrons. The second-order valence-electron chi connectivity index (χ2n) is 6.32. The molecule has 1 aromatic carbocycles. The van der Waals surface area contributed by atoms with Gasteiger partial charge in [0.2, 0.25) is 5.91 Å². The van der Waals surface area contributed by atoms with Crippen LogP contribution in [-0.2, 0) is 4.79 Å². The molecule has 1 heterocycles. The van der Waals surface area contributed by atoms with Crippen molar-refractivity contribution in [3.05, 3.63) is 29.8 Å². The van der Waals surface area contributed by atoms with Gasteiger partial charge in [-0.25, -0.2) is 0 Å². The van der Waals surface area contributed by atoms with Crippen LogP contribution in [0.1, 0.15) is 31.9 Å². The van der Waals surface area contributed by atoms with Crippen molar-refractivity contribution in [2.24, 2.45) is 5.92 Å². The molecule has 1 aromatic rings. The highest BCUT2D eigenvalue weighted by atomic mass is 16.5. The third-order valence-electron chi connectivity index (χ3n) is 4.15. The molecular weight excluding hydrogens is 290 g/mol. The number of carbonyl (C=O) groups is 1. The summed E-state index contributed by atoms with van der Waals surface area (Å²) in [6.45, 7) is 6.94. The van der Waals surface area contributed by atoms with Gasteiger partial charge in [-0.3, -0.25) is 9.69 Å². The predicted octanol–water partition coefficient (Wildman–Crippen LogP) is 2.45. The molecule has 1 aliphatic heterocycles. The van der Waals surface area contributed by atoms with Crippen molar-refractivity contribution in [1.29, 1.82) is 5.26 Å². The lowest BCUT2D eigenvalue weighted by Crippen LogP contribution is -2.49. The topological polar surface area (TPSA) is 56.6 Å². The van der Waals surface area contributed by atoms with E-state index < -0.39 is 0 Å². The van der Waals surface area contributed by atoms with Crippen molar-refractivity contribution >= 4 is 5.91 Å². The lowest BCUT2D eigenvalue weighted by atomic mass is 10.0. The average molecular weight is 315 g/mol. The van der Waals surface area contributed by atoms with E-state index in [2.05, 4.69) is 24.8 Å². The average Bonchev–Trinajstić information content (AvgIpc) is 2.56. The lowest BCUT2D eigenvalue weighted by molar-refractivity contribution is -0.133. The van der Waals surface area contributed by atoms with Gasteiger partial charge in [-0.1, -0.05) is 26.0 Å². The van der Waals surface area contributed by atoms with Gasteiger partial charge in [0.15, 0.2) is 0 Å². The second kappa shape index (κ2) is 7.98. The van der Waals surface area contributed by atoms with E-state index in [1.165, 1.54) is 0 Å². The van der Waals surface area contributed by atoms with Crippen molar-refractivity contribution in [3.8, 4) is 11.8 Å². The Morgan fingerprint density at radius 2 is 2.00 bits per heavy atom. The zero-order valence-corrected chi connectivity index (χ0v) is 14.2. The first-order valence-electron chi connectivity index (χ1n) is 8.10. The van der Waals surface area contributed by atoms with Gasteiger partial charge in [-0.2, -0.15) is 5.26 Å². The quantitative estimate of drug-likeness (QED) is 0.837. The number of methoxy groups -OCH3 is 1. The Balaban J connectivity index is 2.00. The fourth-order valence-corrected chi connectivity index (χ4v) is 2.89. The summed E-state index contributed by atoms with van der Waals surface area (Å²) in [4.78, 5) is 16.2. The van der Waals surface area contributed by atoms with Gasteiger partial charge in [0.1, 0.15) is 11.8 Å². The first kappa shape index (κ1) is 17.3. The number of carbonyl (C=O) groups excluding carboxylic acids is 1. The van der Waals surface area contributed by atoms with E-state index in [0.717, 1.165) is 24.4 Å². The molecule has 1 fully saturated rings. The van der Waals surface area contributed by atoms with E-state index in [1.807, 2.05) is 29.2 Å². The third kappa shape index (κ3) is 4.46. The number of ether oxygens (including phenoxy) is 1. The maximum atomic E-state index is 12.1. The van der Waals surface area contributed by atoms with E-state index in [9.17, 15) is 10.1 Å². The molecule has 0 spiro atoms. The summed E-state index contributed by atoms with van der Waals surface area (Å²) in [5, 5.41) is 9.58. The van der Waals surface area contributed by atoms with Gasteiger partial charge < -0.3 is 9.64 Å². The maximum Gasteiger partial charge on any atom is 0.222 e. The summed E-state index contributed by atoms with van der Waals surface area (Å²) in [5.74, 6) is 1.35. The SMILES string of the molecule is COc1cccc(C(C#N)N2CCN(C(=O)CC(C)C)CC2)c1. The molecule has 1 amide bonds. The van der Waals surface area contributed by atoms with Gasteiger partial charge in [-0.15, -0.1) is 0 Å². The van der Waals surface area contributed by atoms with Crippen LogP contribution in [0.4, 0.5) is 0 Å². The number of rotatable bonds is 5. The van der Waals surface area contributed by atoms with Crippen molar-refractivity contribution in [3.63, 3.8) is 0 Å². The second-order valence-corrected chi connectivity index (χ2v) is 6.32. The van der Waals surface area contributed by atoms with Crippen LogP contribution in [0.3, 0.4) is 0 Å². The molecule has 124 valence electrons. The van der Waals surface area contributed by atoms with Crippen molar-refractivity contribution < 1.29 is 9.53 Å². The number of amides is 1. The minimum absolute atomic E-state index is 0.217. The predicted molar refractivity (Wildman–Crippen MR) is 89.0 cm³/mol. The third-order valence-corrected chi connectivity index (χ3v) is 4.15. The Morgan fingerprint density at radius 1 is 1.30 bits per heavy atom. The molecule has 1 unspecified atom stereocenters. The summed E-state index contributed by atoms with van der Waals surface area (Å²) in [6, 6.07) is 9.72. The molecule has 5 heteroatoms. The monoisotopic (exact) mass is 315 g/mol. The summed E-state index contributed by atoms with van der Waals surface area (Å²) in [5.41, 5.74) is 0.939. The smallest absolute Gasteiger partial charge is 0.222 e. The fraction of sp³-hybridized carbons (Fsp3) is 0.556. The van der Waals surface area contributed by atoms with Crippen molar-refractivity contribution in [2.45, 2.75) is 26.3 Å². The highest BCUT2D eigenvalue weighted by molar-refractivity contribution is 5.76. The first-order chi connectivity index (χ1) is 11.0. The Hall–Kier alpha value is -2.06. The van der Waals surface area contributed by atoms with Gasteiger partial charge in [0.05, 0.1) is 13.2 Å². The Bertz CT molecular complexity index is 572. The van der Waals surface area contributed by atoms with Crippen LogP contribution in [-0.4, -0.2) is 49.0 Å². The molecule has 0 N–H and O–H groups in total. The van der Waals surface area contributed by atoms with Crippen LogP contribution < -0.4 is 4.74 Å².